The van der Waals surface area contributed by atoms with E-state index in [2.05, 4.69) is 50.4 Å². The molecule has 7 heteroatoms. The molecule has 0 radical (unpaired) electrons. The van der Waals surface area contributed by atoms with Crippen molar-refractivity contribution in [2.24, 2.45) is 5.92 Å². The Morgan fingerprint density at radius 2 is 1.88 bits per heavy atom. The highest BCUT2D eigenvalue weighted by Crippen LogP contribution is 2.44. The molecule has 1 saturated carbocycles. The number of ether oxygens (including phenoxy) is 1. The fourth-order valence-corrected chi connectivity index (χ4v) is 5.69. The number of anilines is 3. The van der Waals surface area contributed by atoms with Crippen molar-refractivity contribution >= 4 is 23.6 Å². The molecular weight excluding hydrogens is 426 g/mol. The highest BCUT2D eigenvalue weighted by molar-refractivity contribution is 5.60. The number of rotatable bonds is 8. The maximum absolute atomic E-state index is 10.6. The van der Waals surface area contributed by atoms with Crippen molar-refractivity contribution in [1.29, 1.82) is 0 Å². The van der Waals surface area contributed by atoms with E-state index in [0.29, 0.717) is 18.3 Å². The van der Waals surface area contributed by atoms with Crippen molar-refractivity contribution in [3.05, 3.63) is 53.6 Å². The van der Waals surface area contributed by atoms with Crippen LogP contribution >= 0.6 is 0 Å². The van der Waals surface area contributed by atoms with Gasteiger partial charge in [0.1, 0.15) is 12.0 Å². The number of carbonyl (C=O) groups is 1. The second-order valence-corrected chi connectivity index (χ2v) is 9.60. The first-order chi connectivity index (χ1) is 16.7. The highest BCUT2D eigenvalue weighted by Gasteiger charge is 2.35. The number of fused-ring (bicyclic) bond motifs is 1. The molecule has 0 spiro atoms. The van der Waals surface area contributed by atoms with Gasteiger partial charge in [0.2, 0.25) is 5.95 Å². The Morgan fingerprint density at radius 1 is 1.12 bits per heavy atom. The van der Waals surface area contributed by atoms with E-state index in [4.69, 9.17) is 9.72 Å². The zero-order valence-electron chi connectivity index (χ0n) is 20.1. The van der Waals surface area contributed by atoms with Gasteiger partial charge in [-0.3, -0.25) is 4.90 Å². The van der Waals surface area contributed by atoms with Crippen molar-refractivity contribution in [3.63, 3.8) is 0 Å². The van der Waals surface area contributed by atoms with Gasteiger partial charge in [-0.05, 0) is 61.1 Å². The second-order valence-electron chi connectivity index (χ2n) is 9.60. The van der Waals surface area contributed by atoms with Gasteiger partial charge in [0.05, 0.1) is 18.7 Å². The molecule has 1 aliphatic heterocycles. The number of benzene rings is 1. The standard InChI is InChI=1S/C27H35N5O2/c1-34-24-12-7-21-19-28-27(30-26(21)25(24)20-5-2-3-6-20)29-22-8-10-23(11-9-22)32-16-14-31(15-17-32)13-4-18-33/h8-12,18-20,25H,2-7,13-17H2,1H3,(H,28,29,30). The number of hydrogen-bond acceptors (Lipinski definition) is 7. The van der Waals surface area contributed by atoms with Crippen molar-refractivity contribution in [2.45, 2.75) is 44.4 Å². The summed E-state index contributed by atoms with van der Waals surface area (Å²) in [6.45, 7) is 4.83. The van der Waals surface area contributed by atoms with Gasteiger partial charge < -0.3 is 19.7 Å². The van der Waals surface area contributed by atoms with Crippen LogP contribution in [0.5, 0.6) is 0 Å². The average Bonchev–Trinajstić information content (AvgIpc) is 3.42. The number of allylic oxidation sites excluding steroid dienone is 2. The summed E-state index contributed by atoms with van der Waals surface area (Å²) in [4.78, 5) is 25.0. The van der Waals surface area contributed by atoms with E-state index in [1.807, 2.05) is 6.20 Å². The Morgan fingerprint density at radius 3 is 2.59 bits per heavy atom. The largest absolute Gasteiger partial charge is 0.501 e. The number of nitrogens with one attached hydrogen (secondary N) is 1. The first-order valence-electron chi connectivity index (χ1n) is 12.6. The van der Waals surface area contributed by atoms with E-state index >= 15 is 0 Å². The number of nitrogens with zero attached hydrogens (tertiary/aromatic N) is 4. The van der Waals surface area contributed by atoms with Crippen LogP contribution in [0, 0.1) is 5.92 Å². The van der Waals surface area contributed by atoms with Gasteiger partial charge in [-0.1, -0.05) is 12.8 Å². The van der Waals surface area contributed by atoms with E-state index in [0.717, 1.165) is 62.6 Å². The summed E-state index contributed by atoms with van der Waals surface area (Å²) in [5, 5.41) is 3.42. The Hall–Kier alpha value is -2.93. The van der Waals surface area contributed by atoms with Crippen LogP contribution in [0.2, 0.25) is 0 Å². The molecule has 2 fully saturated rings. The first-order valence-corrected chi connectivity index (χ1v) is 12.6. The molecule has 180 valence electrons. The summed E-state index contributed by atoms with van der Waals surface area (Å²) < 4.78 is 5.79. The van der Waals surface area contributed by atoms with Gasteiger partial charge >= 0.3 is 0 Å². The Labute approximate surface area is 202 Å². The molecule has 0 amide bonds. The van der Waals surface area contributed by atoms with Gasteiger partial charge in [0.15, 0.2) is 0 Å². The number of piperazine rings is 1. The molecule has 1 aromatic heterocycles. The summed E-state index contributed by atoms with van der Waals surface area (Å²) in [6.07, 6.45) is 11.7. The molecule has 1 atom stereocenters. The van der Waals surface area contributed by atoms with Gasteiger partial charge in [-0.15, -0.1) is 0 Å². The molecular formula is C27H35N5O2. The van der Waals surface area contributed by atoms with Crippen molar-refractivity contribution in [1.82, 2.24) is 14.9 Å². The Balaban J connectivity index is 1.26. The third kappa shape index (κ3) is 4.94. The normalized spacial score (nSPS) is 21.1. The summed E-state index contributed by atoms with van der Waals surface area (Å²) >= 11 is 0. The quantitative estimate of drug-likeness (QED) is 0.588. The lowest BCUT2D eigenvalue weighted by atomic mass is 9.81. The molecule has 2 aliphatic carbocycles. The van der Waals surface area contributed by atoms with Crippen LogP contribution in [0.1, 0.15) is 49.3 Å². The molecule has 1 N–H and O–H groups in total. The number of methoxy groups -OCH3 is 1. The smallest absolute Gasteiger partial charge is 0.227 e. The van der Waals surface area contributed by atoms with Crippen molar-refractivity contribution < 1.29 is 9.53 Å². The lowest BCUT2D eigenvalue weighted by Gasteiger charge is -2.35. The molecule has 1 unspecified atom stereocenters. The monoisotopic (exact) mass is 461 g/mol. The Kier molecular flexibility index (Phi) is 7.09. The highest BCUT2D eigenvalue weighted by atomic mass is 16.5. The minimum atomic E-state index is 0.243. The Bertz CT molecular complexity index is 1010. The molecule has 34 heavy (non-hydrogen) atoms. The van der Waals surface area contributed by atoms with Crippen LogP contribution in [-0.4, -0.2) is 61.0 Å². The maximum Gasteiger partial charge on any atom is 0.227 e. The third-order valence-corrected chi connectivity index (χ3v) is 7.55. The fraction of sp³-hybridized carbons (Fsp3) is 0.519. The lowest BCUT2D eigenvalue weighted by Crippen LogP contribution is -2.46. The first kappa shape index (κ1) is 22.8. The SMILES string of the molecule is COC1=CCc2cnc(Nc3ccc(N4CCN(CCC=O)CC4)cc3)nc2C1C1CCCC1. The average molecular weight is 462 g/mol. The summed E-state index contributed by atoms with van der Waals surface area (Å²) in [5.41, 5.74) is 4.56. The van der Waals surface area contributed by atoms with Crippen LogP contribution in [0.3, 0.4) is 0 Å². The number of carbonyl (C=O) groups excluding carboxylic acids is 1. The number of aldehydes is 1. The zero-order chi connectivity index (χ0) is 23.3. The molecule has 5 rings (SSSR count). The van der Waals surface area contributed by atoms with E-state index in [1.165, 1.54) is 36.9 Å². The van der Waals surface area contributed by atoms with Crippen molar-refractivity contribution in [3.8, 4) is 0 Å². The van der Waals surface area contributed by atoms with Crippen LogP contribution in [-0.2, 0) is 16.0 Å². The minimum absolute atomic E-state index is 0.243. The topological polar surface area (TPSA) is 70.6 Å². The predicted molar refractivity (Wildman–Crippen MR) is 135 cm³/mol. The molecule has 2 aromatic rings. The van der Waals surface area contributed by atoms with Crippen LogP contribution in [0.25, 0.3) is 0 Å². The third-order valence-electron chi connectivity index (χ3n) is 7.55. The summed E-state index contributed by atoms with van der Waals surface area (Å²) in [5.74, 6) is 2.56. The van der Waals surface area contributed by atoms with E-state index in [1.54, 1.807) is 7.11 Å². The molecule has 2 heterocycles. The summed E-state index contributed by atoms with van der Waals surface area (Å²) in [7, 11) is 1.78. The second kappa shape index (κ2) is 10.6. The van der Waals surface area contributed by atoms with Gasteiger partial charge in [-0.25, -0.2) is 9.97 Å². The fourth-order valence-electron chi connectivity index (χ4n) is 5.69. The lowest BCUT2D eigenvalue weighted by molar-refractivity contribution is -0.108. The summed E-state index contributed by atoms with van der Waals surface area (Å²) in [6, 6.07) is 8.53. The van der Waals surface area contributed by atoms with Crippen LogP contribution < -0.4 is 10.2 Å². The van der Waals surface area contributed by atoms with E-state index < -0.39 is 0 Å². The zero-order valence-corrected chi connectivity index (χ0v) is 20.1. The predicted octanol–water partition coefficient (Wildman–Crippen LogP) is 4.29. The van der Waals surface area contributed by atoms with E-state index in [9.17, 15) is 4.79 Å². The molecule has 0 bridgehead atoms. The van der Waals surface area contributed by atoms with Gasteiger partial charge in [0.25, 0.3) is 0 Å². The minimum Gasteiger partial charge on any atom is -0.501 e. The van der Waals surface area contributed by atoms with Gasteiger partial charge in [-0.2, -0.15) is 0 Å². The molecule has 3 aliphatic rings. The van der Waals surface area contributed by atoms with Crippen molar-refractivity contribution in [2.75, 3.05) is 50.1 Å². The van der Waals surface area contributed by atoms with Crippen LogP contribution in [0.15, 0.2) is 42.3 Å². The van der Waals surface area contributed by atoms with Gasteiger partial charge in [0, 0.05) is 56.7 Å². The van der Waals surface area contributed by atoms with Crippen LogP contribution in [0.4, 0.5) is 17.3 Å². The number of hydrogen-bond donors (Lipinski definition) is 1. The maximum atomic E-state index is 10.6. The molecule has 7 nitrogen and oxygen atoms in total. The van der Waals surface area contributed by atoms with E-state index in [-0.39, 0.29) is 5.92 Å². The molecule has 1 aromatic carbocycles. The number of aromatic nitrogens is 2. The molecule has 1 saturated heterocycles.